The zero-order valence-electron chi connectivity index (χ0n) is 11.3. The van der Waals surface area contributed by atoms with E-state index < -0.39 is 5.97 Å². The minimum Gasteiger partial charge on any atom is -0.478 e. The van der Waals surface area contributed by atoms with E-state index in [-0.39, 0.29) is 5.56 Å². The lowest BCUT2D eigenvalue weighted by atomic mass is 10.1. The molecule has 0 unspecified atom stereocenters. The Balaban J connectivity index is 2.41. The van der Waals surface area contributed by atoms with Crippen molar-refractivity contribution in [3.05, 3.63) is 47.5 Å². The molecule has 0 radical (unpaired) electrons. The number of carbonyl (C=O) groups is 1. The first-order valence-electron chi connectivity index (χ1n) is 6.06. The third-order valence-corrected chi connectivity index (χ3v) is 3.80. The van der Waals surface area contributed by atoms with E-state index in [1.807, 2.05) is 36.6 Å². The van der Waals surface area contributed by atoms with Gasteiger partial charge in [0.1, 0.15) is 0 Å². The van der Waals surface area contributed by atoms with Gasteiger partial charge in [0.25, 0.3) is 0 Å². The molecule has 4 N–H and O–H groups in total. The van der Waals surface area contributed by atoms with Crippen molar-refractivity contribution < 1.29 is 9.90 Å². The van der Waals surface area contributed by atoms with Crippen molar-refractivity contribution in [2.24, 2.45) is 0 Å². The predicted molar refractivity (Wildman–Crippen MR) is 84.1 cm³/mol. The number of benzene rings is 2. The summed E-state index contributed by atoms with van der Waals surface area (Å²) in [5.41, 5.74) is 8.62. The fourth-order valence-electron chi connectivity index (χ4n) is 1.95. The second-order valence-electron chi connectivity index (χ2n) is 4.38. The van der Waals surface area contributed by atoms with Crippen molar-refractivity contribution in [3.8, 4) is 0 Å². The Morgan fingerprint density at radius 2 is 2.00 bits per heavy atom. The summed E-state index contributed by atoms with van der Waals surface area (Å²) in [5, 5.41) is 12.4. The Hall–Kier alpha value is -2.14. The molecule has 0 aliphatic carbocycles. The SMILES string of the molecule is CSc1ccccc1Nc1cc(C)c(N)c(C(=O)O)c1. The van der Waals surface area contributed by atoms with E-state index in [1.54, 1.807) is 24.8 Å². The van der Waals surface area contributed by atoms with Gasteiger partial charge in [-0.1, -0.05) is 12.1 Å². The molecule has 0 atom stereocenters. The van der Waals surface area contributed by atoms with Crippen LogP contribution in [-0.4, -0.2) is 17.3 Å². The van der Waals surface area contributed by atoms with Crippen LogP contribution in [0.1, 0.15) is 15.9 Å². The largest absolute Gasteiger partial charge is 0.478 e. The minimum absolute atomic E-state index is 0.120. The second-order valence-corrected chi connectivity index (χ2v) is 5.23. The molecule has 0 saturated heterocycles. The van der Waals surface area contributed by atoms with E-state index in [0.29, 0.717) is 5.69 Å². The van der Waals surface area contributed by atoms with Crippen LogP contribution < -0.4 is 11.1 Å². The van der Waals surface area contributed by atoms with E-state index in [9.17, 15) is 4.79 Å². The minimum atomic E-state index is -1.02. The topological polar surface area (TPSA) is 75.3 Å². The lowest BCUT2D eigenvalue weighted by molar-refractivity contribution is 0.0698. The fourth-order valence-corrected chi connectivity index (χ4v) is 2.50. The molecular weight excluding hydrogens is 272 g/mol. The van der Waals surface area contributed by atoms with E-state index in [1.165, 1.54) is 0 Å². The maximum absolute atomic E-state index is 11.2. The molecule has 2 rings (SSSR count). The maximum Gasteiger partial charge on any atom is 0.337 e. The molecule has 0 saturated carbocycles. The average Bonchev–Trinajstić information content (AvgIpc) is 2.43. The molecule has 0 amide bonds. The highest BCUT2D eigenvalue weighted by Gasteiger charge is 2.12. The smallest absolute Gasteiger partial charge is 0.337 e. The van der Waals surface area contributed by atoms with Gasteiger partial charge in [0, 0.05) is 16.3 Å². The van der Waals surface area contributed by atoms with Crippen molar-refractivity contribution in [2.45, 2.75) is 11.8 Å². The molecule has 0 aliphatic heterocycles. The second kappa shape index (κ2) is 5.88. The number of nitrogen functional groups attached to an aromatic ring is 1. The molecular formula is C15H16N2O2S. The van der Waals surface area contributed by atoms with Crippen LogP contribution in [0, 0.1) is 6.92 Å². The average molecular weight is 288 g/mol. The molecule has 0 fully saturated rings. The molecule has 4 nitrogen and oxygen atoms in total. The van der Waals surface area contributed by atoms with Crippen molar-refractivity contribution in [1.82, 2.24) is 0 Å². The van der Waals surface area contributed by atoms with Crippen molar-refractivity contribution in [3.63, 3.8) is 0 Å². The van der Waals surface area contributed by atoms with Gasteiger partial charge in [-0.3, -0.25) is 0 Å². The van der Waals surface area contributed by atoms with Crippen LogP contribution in [0.5, 0.6) is 0 Å². The lowest BCUT2D eigenvalue weighted by Crippen LogP contribution is -2.05. The fraction of sp³-hybridized carbons (Fsp3) is 0.133. The first-order valence-corrected chi connectivity index (χ1v) is 7.29. The van der Waals surface area contributed by atoms with Crippen LogP contribution >= 0.6 is 11.8 Å². The van der Waals surface area contributed by atoms with Gasteiger partial charge in [0.15, 0.2) is 0 Å². The van der Waals surface area contributed by atoms with Crippen LogP contribution in [-0.2, 0) is 0 Å². The number of aryl methyl sites for hydroxylation is 1. The van der Waals surface area contributed by atoms with Crippen LogP contribution in [0.3, 0.4) is 0 Å². The number of nitrogens with two attached hydrogens (primary N) is 1. The summed E-state index contributed by atoms with van der Waals surface area (Å²) in [4.78, 5) is 12.3. The Morgan fingerprint density at radius 1 is 1.30 bits per heavy atom. The van der Waals surface area contributed by atoms with Crippen molar-refractivity contribution >= 4 is 34.8 Å². The number of aromatic carboxylic acids is 1. The van der Waals surface area contributed by atoms with Gasteiger partial charge >= 0.3 is 5.97 Å². The van der Waals surface area contributed by atoms with Crippen LogP contribution in [0.4, 0.5) is 17.1 Å². The normalized spacial score (nSPS) is 10.3. The highest BCUT2D eigenvalue weighted by molar-refractivity contribution is 7.98. The number of nitrogens with one attached hydrogen (secondary N) is 1. The number of anilines is 3. The van der Waals surface area contributed by atoms with Crippen molar-refractivity contribution in [1.29, 1.82) is 0 Å². The zero-order chi connectivity index (χ0) is 14.7. The summed E-state index contributed by atoms with van der Waals surface area (Å²) in [6, 6.07) is 11.3. The summed E-state index contributed by atoms with van der Waals surface area (Å²) in [7, 11) is 0. The van der Waals surface area contributed by atoms with Gasteiger partial charge in [-0.25, -0.2) is 4.79 Å². The Labute approximate surface area is 122 Å². The number of carboxylic acids is 1. The standard InChI is InChI=1S/C15H16N2O2S/c1-9-7-10(8-11(14(9)16)15(18)19)17-12-5-3-4-6-13(12)20-2/h3-8,17H,16H2,1-2H3,(H,18,19). The van der Waals surface area contributed by atoms with Gasteiger partial charge in [0.2, 0.25) is 0 Å². The Kier molecular flexibility index (Phi) is 4.20. The van der Waals surface area contributed by atoms with Gasteiger partial charge in [-0.15, -0.1) is 11.8 Å². The van der Waals surface area contributed by atoms with Gasteiger partial charge in [-0.2, -0.15) is 0 Å². The highest BCUT2D eigenvalue weighted by atomic mass is 32.2. The number of hydrogen-bond donors (Lipinski definition) is 3. The number of hydrogen-bond acceptors (Lipinski definition) is 4. The van der Waals surface area contributed by atoms with Crippen LogP contribution in [0.25, 0.3) is 0 Å². The molecule has 2 aromatic carbocycles. The van der Waals surface area contributed by atoms with Crippen molar-refractivity contribution in [2.75, 3.05) is 17.3 Å². The third kappa shape index (κ3) is 2.88. The number of rotatable bonds is 4. The Bertz CT molecular complexity index is 656. The van der Waals surface area contributed by atoms with E-state index >= 15 is 0 Å². The molecule has 2 aromatic rings. The summed E-state index contributed by atoms with van der Waals surface area (Å²) < 4.78 is 0. The zero-order valence-corrected chi connectivity index (χ0v) is 12.1. The summed E-state index contributed by atoms with van der Waals surface area (Å²) in [6.07, 6.45) is 2.00. The molecule has 0 heterocycles. The first kappa shape index (κ1) is 14.3. The first-order chi connectivity index (χ1) is 9.52. The van der Waals surface area contributed by atoms with Crippen LogP contribution in [0.2, 0.25) is 0 Å². The number of carboxylic acid groups (broad SMARTS) is 1. The molecule has 0 spiro atoms. The monoisotopic (exact) mass is 288 g/mol. The lowest BCUT2D eigenvalue weighted by Gasteiger charge is -2.13. The van der Waals surface area contributed by atoms with Gasteiger partial charge in [-0.05, 0) is 43.0 Å². The third-order valence-electron chi connectivity index (χ3n) is 3.00. The molecule has 0 aromatic heterocycles. The molecule has 0 bridgehead atoms. The molecule has 20 heavy (non-hydrogen) atoms. The summed E-state index contributed by atoms with van der Waals surface area (Å²) >= 11 is 1.63. The number of thioether (sulfide) groups is 1. The molecule has 5 heteroatoms. The summed E-state index contributed by atoms with van der Waals surface area (Å²) in [5.74, 6) is -1.02. The highest BCUT2D eigenvalue weighted by Crippen LogP contribution is 2.30. The number of para-hydroxylation sites is 1. The van der Waals surface area contributed by atoms with E-state index in [2.05, 4.69) is 5.32 Å². The van der Waals surface area contributed by atoms with E-state index in [0.717, 1.165) is 21.8 Å². The van der Waals surface area contributed by atoms with E-state index in [4.69, 9.17) is 10.8 Å². The van der Waals surface area contributed by atoms with Gasteiger partial charge < -0.3 is 16.2 Å². The predicted octanol–water partition coefficient (Wildman–Crippen LogP) is 3.74. The maximum atomic E-state index is 11.2. The molecule has 104 valence electrons. The summed E-state index contributed by atoms with van der Waals surface area (Å²) in [6.45, 7) is 1.80. The quantitative estimate of drug-likeness (QED) is 0.590. The van der Waals surface area contributed by atoms with Gasteiger partial charge in [0.05, 0.1) is 11.3 Å². The Morgan fingerprint density at radius 3 is 2.65 bits per heavy atom. The van der Waals surface area contributed by atoms with Crippen LogP contribution in [0.15, 0.2) is 41.3 Å². The molecule has 0 aliphatic rings.